The number of nitrogens with one attached hydrogen (secondary N) is 1. The lowest BCUT2D eigenvalue weighted by molar-refractivity contribution is 0.444. The second-order valence-corrected chi connectivity index (χ2v) is 4.83. The molecule has 0 aliphatic carbocycles. The van der Waals surface area contributed by atoms with Crippen molar-refractivity contribution >= 4 is 5.96 Å². The molecule has 5 heteroatoms. The van der Waals surface area contributed by atoms with Crippen LogP contribution < -0.4 is 11.1 Å². The summed E-state index contributed by atoms with van der Waals surface area (Å²) >= 11 is 0. The number of rotatable bonds is 6. The van der Waals surface area contributed by atoms with Gasteiger partial charge in [-0.15, -0.1) is 0 Å². The van der Waals surface area contributed by atoms with E-state index in [-0.39, 0.29) is 0 Å². The summed E-state index contributed by atoms with van der Waals surface area (Å²) in [5, 5.41) is 7.31. The second-order valence-electron chi connectivity index (χ2n) is 4.83. The molecule has 5 nitrogen and oxygen atoms in total. The number of hydrogen-bond donors (Lipinski definition) is 2. The van der Waals surface area contributed by atoms with Crippen molar-refractivity contribution in [3.05, 3.63) is 18.5 Å². The smallest absolute Gasteiger partial charge is 0.188 e. The van der Waals surface area contributed by atoms with Crippen LogP contribution in [0.2, 0.25) is 0 Å². The molecule has 1 aromatic heterocycles. The van der Waals surface area contributed by atoms with Crippen LogP contribution in [0.5, 0.6) is 0 Å². The number of aliphatic imine (C=N–C) groups is 1. The van der Waals surface area contributed by atoms with Crippen LogP contribution in [0.3, 0.4) is 0 Å². The average molecular weight is 237 g/mol. The van der Waals surface area contributed by atoms with Crippen LogP contribution in [-0.4, -0.2) is 28.8 Å². The fraction of sp³-hybridized carbons (Fsp3) is 0.667. The van der Waals surface area contributed by atoms with E-state index in [4.69, 9.17) is 5.73 Å². The van der Waals surface area contributed by atoms with Crippen molar-refractivity contribution in [1.29, 1.82) is 0 Å². The monoisotopic (exact) mass is 237 g/mol. The molecule has 1 aromatic rings. The molecule has 17 heavy (non-hydrogen) atoms. The van der Waals surface area contributed by atoms with Gasteiger partial charge in [-0.3, -0.25) is 9.67 Å². The number of guanidine groups is 1. The van der Waals surface area contributed by atoms with Gasteiger partial charge in [0.05, 0.1) is 0 Å². The Hall–Kier alpha value is -1.52. The number of nitrogens with two attached hydrogens (primary N) is 1. The highest BCUT2D eigenvalue weighted by atomic mass is 15.3. The first kappa shape index (κ1) is 13.5. The Morgan fingerprint density at radius 1 is 1.47 bits per heavy atom. The van der Waals surface area contributed by atoms with Gasteiger partial charge in [0.1, 0.15) is 0 Å². The first-order valence-electron chi connectivity index (χ1n) is 6.09. The fourth-order valence-electron chi connectivity index (χ4n) is 1.41. The van der Waals surface area contributed by atoms with E-state index < -0.39 is 0 Å². The van der Waals surface area contributed by atoms with Gasteiger partial charge in [0, 0.05) is 32.0 Å². The highest BCUT2D eigenvalue weighted by molar-refractivity contribution is 5.77. The SMILES string of the molecule is CC(C)CN=C(N)NCC(C)Cn1cccn1. The third-order valence-electron chi connectivity index (χ3n) is 2.32. The molecule has 0 radical (unpaired) electrons. The predicted octanol–water partition coefficient (Wildman–Crippen LogP) is 1.08. The van der Waals surface area contributed by atoms with Crippen molar-refractivity contribution in [1.82, 2.24) is 15.1 Å². The molecule has 3 N–H and O–H groups in total. The molecule has 1 atom stereocenters. The molecule has 0 aromatic carbocycles. The highest BCUT2D eigenvalue weighted by Crippen LogP contribution is 1.97. The summed E-state index contributed by atoms with van der Waals surface area (Å²) in [4.78, 5) is 4.25. The Bertz CT molecular complexity index is 329. The quantitative estimate of drug-likeness (QED) is 0.574. The molecule has 0 saturated heterocycles. The molecule has 0 bridgehead atoms. The fourth-order valence-corrected chi connectivity index (χ4v) is 1.41. The third kappa shape index (κ3) is 5.94. The lowest BCUT2D eigenvalue weighted by atomic mass is 10.2. The molecule has 0 aliphatic rings. The first-order chi connectivity index (χ1) is 8.08. The summed E-state index contributed by atoms with van der Waals surface area (Å²) in [6, 6.07) is 1.93. The lowest BCUT2D eigenvalue weighted by Crippen LogP contribution is -2.36. The van der Waals surface area contributed by atoms with E-state index in [0.717, 1.165) is 19.6 Å². The van der Waals surface area contributed by atoms with Gasteiger partial charge in [-0.1, -0.05) is 20.8 Å². The number of hydrogen-bond acceptors (Lipinski definition) is 2. The zero-order chi connectivity index (χ0) is 12.7. The standard InChI is InChI=1S/C12H23N5/c1-10(2)7-14-12(13)15-8-11(3)9-17-6-4-5-16-17/h4-6,10-11H,7-9H2,1-3H3,(H3,13,14,15). The van der Waals surface area contributed by atoms with Gasteiger partial charge in [-0.05, 0) is 17.9 Å². The summed E-state index contributed by atoms with van der Waals surface area (Å²) in [5.74, 6) is 1.53. The van der Waals surface area contributed by atoms with Crippen LogP contribution in [-0.2, 0) is 6.54 Å². The number of aromatic nitrogens is 2. The zero-order valence-corrected chi connectivity index (χ0v) is 10.9. The summed E-state index contributed by atoms with van der Waals surface area (Å²) in [6.07, 6.45) is 3.76. The van der Waals surface area contributed by atoms with Gasteiger partial charge in [0.2, 0.25) is 0 Å². The van der Waals surface area contributed by atoms with Crippen LogP contribution in [0.25, 0.3) is 0 Å². The lowest BCUT2D eigenvalue weighted by Gasteiger charge is -2.13. The van der Waals surface area contributed by atoms with E-state index in [1.54, 1.807) is 6.20 Å². The normalized spacial score (nSPS) is 14.0. The maximum Gasteiger partial charge on any atom is 0.188 e. The minimum Gasteiger partial charge on any atom is -0.370 e. The Balaban J connectivity index is 2.23. The molecule has 1 unspecified atom stereocenters. The van der Waals surface area contributed by atoms with Gasteiger partial charge in [0.25, 0.3) is 0 Å². The number of nitrogens with zero attached hydrogens (tertiary/aromatic N) is 3. The van der Waals surface area contributed by atoms with Crippen molar-refractivity contribution in [2.75, 3.05) is 13.1 Å². The van der Waals surface area contributed by atoms with Gasteiger partial charge >= 0.3 is 0 Å². The Morgan fingerprint density at radius 3 is 2.82 bits per heavy atom. The zero-order valence-electron chi connectivity index (χ0n) is 10.9. The third-order valence-corrected chi connectivity index (χ3v) is 2.32. The Kier molecular flexibility index (Phi) is 5.52. The van der Waals surface area contributed by atoms with Gasteiger partial charge in [-0.2, -0.15) is 5.10 Å². The molecule has 96 valence electrons. The van der Waals surface area contributed by atoms with Crippen molar-refractivity contribution in [3.8, 4) is 0 Å². The molecule has 0 fully saturated rings. The van der Waals surface area contributed by atoms with E-state index in [2.05, 4.69) is 36.2 Å². The highest BCUT2D eigenvalue weighted by Gasteiger charge is 2.03. The minimum absolute atomic E-state index is 0.461. The van der Waals surface area contributed by atoms with E-state index in [1.165, 1.54) is 0 Å². The van der Waals surface area contributed by atoms with E-state index in [9.17, 15) is 0 Å². The molecule has 0 aliphatic heterocycles. The van der Waals surface area contributed by atoms with Gasteiger partial charge in [0.15, 0.2) is 5.96 Å². The average Bonchev–Trinajstić information content (AvgIpc) is 2.76. The molecule has 1 heterocycles. The topological polar surface area (TPSA) is 68.2 Å². The largest absolute Gasteiger partial charge is 0.370 e. The van der Waals surface area contributed by atoms with Crippen LogP contribution >= 0.6 is 0 Å². The summed E-state index contributed by atoms with van der Waals surface area (Å²) in [6.45, 7) is 8.87. The molecular formula is C12H23N5. The first-order valence-corrected chi connectivity index (χ1v) is 6.09. The molecular weight excluding hydrogens is 214 g/mol. The van der Waals surface area contributed by atoms with Crippen molar-refractivity contribution < 1.29 is 0 Å². The second kappa shape index (κ2) is 6.93. The maximum atomic E-state index is 5.76. The Labute approximate surface area is 103 Å². The molecule has 0 amide bonds. The van der Waals surface area contributed by atoms with Crippen LogP contribution in [0.15, 0.2) is 23.5 Å². The molecule has 0 saturated carbocycles. The van der Waals surface area contributed by atoms with Crippen molar-refractivity contribution in [2.45, 2.75) is 27.3 Å². The van der Waals surface area contributed by atoms with Gasteiger partial charge in [-0.25, -0.2) is 0 Å². The Morgan fingerprint density at radius 2 is 2.24 bits per heavy atom. The van der Waals surface area contributed by atoms with Crippen LogP contribution in [0, 0.1) is 11.8 Å². The minimum atomic E-state index is 0.461. The summed E-state index contributed by atoms with van der Waals surface area (Å²) in [5.41, 5.74) is 5.76. The van der Waals surface area contributed by atoms with Crippen LogP contribution in [0.4, 0.5) is 0 Å². The maximum absolute atomic E-state index is 5.76. The summed E-state index contributed by atoms with van der Waals surface area (Å²) < 4.78 is 1.92. The molecule has 0 spiro atoms. The van der Waals surface area contributed by atoms with Crippen LogP contribution in [0.1, 0.15) is 20.8 Å². The van der Waals surface area contributed by atoms with E-state index in [1.807, 2.05) is 16.9 Å². The summed E-state index contributed by atoms with van der Waals surface area (Å²) in [7, 11) is 0. The van der Waals surface area contributed by atoms with Crippen molar-refractivity contribution in [3.63, 3.8) is 0 Å². The van der Waals surface area contributed by atoms with Crippen molar-refractivity contribution in [2.24, 2.45) is 22.6 Å². The van der Waals surface area contributed by atoms with Gasteiger partial charge < -0.3 is 11.1 Å². The van der Waals surface area contributed by atoms with E-state index >= 15 is 0 Å². The predicted molar refractivity (Wildman–Crippen MR) is 70.7 cm³/mol. The van der Waals surface area contributed by atoms with E-state index in [0.29, 0.717) is 17.8 Å². The molecule has 1 rings (SSSR count).